The number of aryl methyl sites for hydroxylation is 2. The average Bonchev–Trinajstić information content (AvgIpc) is 3.46. The lowest BCUT2D eigenvalue weighted by Crippen LogP contribution is -2.49. The number of benzene rings is 1. The molecular formula is C21H19FN4O2S. The molecule has 1 aliphatic carbocycles. The first-order valence-electron chi connectivity index (χ1n) is 9.96. The summed E-state index contributed by atoms with van der Waals surface area (Å²) in [5.74, 6) is -0.340. The average molecular weight is 410 g/mol. The van der Waals surface area contributed by atoms with Gasteiger partial charge in [-0.3, -0.25) is 9.59 Å². The number of aromatic amines is 1. The molecule has 3 aromatic rings. The van der Waals surface area contributed by atoms with Crippen LogP contribution in [0.1, 0.15) is 33.9 Å². The molecule has 2 unspecified atom stereocenters. The van der Waals surface area contributed by atoms with E-state index in [0.29, 0.717) is 23.3 Å². The van der Waals surface area contributed by atoms with Crippen molar-refractivity contribution >= 4 is 33.1 Å². The van der Waals surface area contributed by atoms with Gasteiger partial charge in [0.25, 0.3) is 11.5 Å². The normalized spacial score (nSPS) is 22.7. The number of hydrogen-bond donors (Lipinski definition) is 1. The van der Waals surface area contributed by atoms with Gasteiger partial charge in [0, 0.05) is 29.7 Å². The number of fused-ring (bicyclic) bond motifs is 5. The van der Waals surface area contributed by atoms with Crippen LogP contribution in [-0.4, -0.2) is 45.9 Å². The Hall–Kier alpha value is -2.74. The molecule has 0 saturated carbocycles. The van der Waals surface area contributed by atoms with Crippen LogP contribution in [0.25, 0.3) is 10.2 Å². The van der Waals surface area contributed by atoms with Gasteiger partial charge in [-0.1, -0.05) is 6.07 Å². The lowest BCUT2D eigenvalue weighted by molar-refractivity contribution is 0.0713. The monoisotopic (exact) mass is 410 g/mol. The summed E-state index contributed by atoms with van der Waals surface area (Å²) in [6, 6.07) is 6.79. The summed E-state index contributed by atoms with van der Waals surface area (Å²) >= 11 is 1.54. The van der Waals surface area contributed by atoms with Crippen LogP contribution >= 0.6 is 11.3 Å². The molecule has 0 spiro atoms. The van der Waals surface area contributed by atoms with Crippen molar-refractivity contribution in [3.63, 3.8) is 0 Å². The maximum Gasteiger partial charge on any atom is 0.290 e. The molecular weight excluding hydrogens is 391 g/mol. The molecule has 2 saturated heterocycles. The van der Waals surface area contributed by atoms with E-state index in [-0.39, 0.29) is 35.2 Å². The zero-order valence-electron chi connectivity index (χ0n) is 15.7. The highest BCUT2D eigenvalue weighted by atomic mass is 32.1. The van der Waals surface area contributed by atoms with Gasteiger partial charge in [-0.25, -0.2) is 9.37 Å². The van der Waals surface area contributed by atoms with E-state index in [1.54, 1.807) is 17.4 Å². The smallest absolute Gasteiger partial charge is 0.290 e. The summed E-state index contributed by atoms with van der Waals surface area (Å²) in [5, 5.41) is 0.666. The van der Waals surface area contributed by atoms with Gasteiger partial charge in [0.2, 0.25) is 5.82 Å². The minimum atomic E-state index is -0.254. The number of piperazine rings is 1. The first-order valence-corrected chi connectivity index (χ1v) is 10.8. The van der Waals surface area contributed by atoms with Gasteiger partial charge in [-0.15, -0.1) is 11.3 Å². The van der Waals surface area contributed by atoms with Crippen LogP contribution in [0.2, 0.25) is 0 Å². The van der Waals surface area contributed by atoms with Crippen molar-refractivity contribution < 1.29 is 9.18 Å². The van der Waals surface area contributed by atoms with Crippen LogP contribution in [0.15, 0.2) is 29.1 Å². The number of likely N-dealkylation sites (tertiary alicyclic amines) is 1. The molecule has 1 aromatic carbocycles. The third-order valence-corrected chi connectivity index (χ3v) is 7.60. The molecule has 148 valence electrons. The Labute approximate surface area is 170 Å². The van der Waals surface area contributed by atoms with E-state index in [4.69, 9.17) is 0 Å². The molecule has 2 bridgehead atoms. The second kappa shape index (κ2) is 6.13. The molecule has 6 rings (SSSR count). The highest BCUT2D eigenvalue weighted by Gasteiger charge is 2.46. The summed E-state index contributed by atoms with van der Waals surface area (Å²) in [6.45, 7) is 1.22. The number of H-pyrrole nitrogens is 1. The van der Waals surface area contributed by atoms with Crippen LogP contribution < -0.4 is 10.5 Å². The van der Waals surface area contributed by atoms with Crippen molar-refractivity contribution in [2.45, 2.75) is 37.8 Å². The van der Waals surface area contributed by atoms with Crippen molar-refractivity contribution in [3.8, 4) is 0 Å². The molecule has 6 nitrogen and oxygen atoms in total. The summed E-state index contributed by atoms with van der Waals surface area (Å²) in [6.07, 6.45) is 3.84. The highest BCUT2D eigenvalue weighted by molar-refractivity contribution is 7.18. The Kier molecular flexibility index (Phi) is 3.62. The number of thiophene rings is 1. The zero-order valence-corrected chi connectivity index (χ0v) is 16.5. The number of hydrogen-bond acceptors (Lipinski definition) is 5. The minimum absolute atomic E-state index is 0.0464. The van der Waals surface area contributed by atoms with E-state index in [1.807, 2.05) is 11.0 Å². The topological polar surface area (TPSA) is 69.3 Å². The fraction of sp³-hybridized carbons (Fsp3) is 0.381. The maximum absolute atomic E-state index is 13.6. The van der Waals surface area contributed by atoms with E-state index < -0.39 is 0 Å². The second-order valence-electron chi connectivity index (χ2n) is 8.09. The number of nitrogens with one attached hydrogen (secondary N) is 1. The standard InChI is InChI=1S/C21H19FN4O2S/c22-11-3-1-4-12(7-11)25-9-14-8-13(25)10-26(14)21(28)18-23-19(27)17-15-5-2-6-16(15)29-20(17)24-18/h1,3-4,7,13-14H,2,5-6,8-10H2,(H,23,24,27). The summed E-state index contributed by atoms with van der Waals surface area (Å²) in [7, 11) is 0. The van der Waals surface area contributed by atoms with Crippen molar-refractivity contribution in [2.75, 3.05) is 18.0 Å². The zero-order chi connectivity index (χ0) is 19.7. The summed E-state index contributed by atoms with van der Waals surface area (Å²) in [4.78, 5) is 38.9. The molecule has 8 heteroatoms. The van der Waals surface area contributed by atoms with E-state index in [2.05, 4.69) is 14.9 Å². The number of carbonyl (C=O) groups is 1. The lowest BCUT2D eigenvalue weighted by atomic mass is 10.2. The molecule has 2 atom stereocenters. The second-order valence-corrected chi connectivity index (χ2v) is 9.17. The van der Waals surface area contributed by atoms with Crippen LogP contribution in [0, 0.1) is 5.82 Å². The molecule has 3 aliphatic rings. The van der Waals surface area contributed by atoms with E-state index in [1.165, 1.54) is 17.0 Å². The minimum Gasteiger partial charge on any atom is -0.365 e. The van der Waals surface area contributed by atoms with Gasteiger partial charge in [0.1, 0.15) is 10.6 Å². The molecule has 29 heavy (non-hydrogen) atoms. The number of carbonyl (C=O) groups excluding carboxylic acids is 1. The van der Waals surface area contributed by atoms with Gasteiger partial charge in [0.15, 0.2) is 0 Å². The Morgan fingerprint density at radius 2 is 2.14 bits per heavy atom. The quantitative estimate of drug-likeness (QED) is 0.705. The molecule has 1 N–H and O–H groups in total. The Bertz CT molecular complexity index is 1220. The number of halogens is 1. The van der Waals surface area contributed by atoms with Crippen molar-refractivity contribution in [1.29, 1.82) is 0 Å². The lowest BCUT2D eigenvalue weighted by Gasteiger charge is -2.35. The predicted molar refractivity (Wildman–Crippen MR) is 109 cm³/mol. The molecule has 2 aliphatic heterocycles. The number of aromatic nitrogens is 2. The Morgan fingerprint density at radius 3 is 2.93 bits per heavy atom. The maximum atomic E-state index is 13.6. The Balaban J connectivity index is 1.27. The van der Waals surface area contributed by atoms with Gasteiger partial charge in [-0.2, -0.15) is 0 Å². The molecule has 2 aromatic heterocycles. The molecule has 2 fully saturated rings. The van der Waals surface area contributed by atoms with Gasteiger partial charge in [-0.05, 0) is 49.4 Å². The highest BCUT2D eigenvalue weighted by Crippen LogP contribution is 2.36. The Morgan fingerprint density at radius 1 is 1.24 bits per heavy atom. The van der Waals surface area contributed by atoms with Crippen molar-refractivity contribution in [1.82, 2.24) is 14.9 Å². The van der Waals surface area contributed by atoms with E-state index >= 15 is 0 Å². The SMILES string of the molecule is O=C(c1nc2sc3c(c2c(=O)[nH]1)CCC3)N1CC2CC1CN2c1cccc(F)c1. The summed E-state index contributed by atoms with van der Waals surface area (Å²) < 4.78 is 13.6. The molecule has 1 amide bonds. The van der Waals surface area contributed by atoms with Crippen LogP contribution in [-0.2, 0) is 12.8 Å². The van der Waals surface area contributed by atoms with Crippen LogP contribution in [0.4, 0.5) is 10.1 Å². The van der Waals surface area contributed by atoms with Crippen LogP contribution in [0.3, 0.4) is 0 Å². The first kappa shape index (κ1) is 17.1. The predicted octanol–water partition coefficient (Wildman–Crippen LogP) is 2.72. The fourth-order valence-electron chi connectivity index (χ4n) is 5.13. The van der Waals surface area contributed by atoms with Crippen molar-refractivity contribution in [3.05, 3.63) is 56.7 Å². The largest absolute Gasteiger partial charge is 0.365 e. The van der Waals surface area contributed by atoms with Gasteiger partial charge in [0.05, 0.1) is 11.4 Å². The first-order chi connectivity index (χ1) is 14.1. The molecule has 4 heterocycles. The van der Waals surface area contributed by atoms with Gasteiger partial charge >= 0.3 is 0 Å². The number of anilines is 1. The number of rotatable bonds is 2. The number of amides is 1. The van der Waals surface area contributed by atoms with Gasteiger partial charge < -0.3 is 14.8 Å². The van der Waals surface area contributed by atoms with E-state index in [0.717, 1.165) is 36.9 Å². The van der Waals surface area contributed by atoms with E-state index in [9.17, 15) is 14.0 Å². The van der Waals surface area contributed by atoms with Crippen LogP contribution in [0.5, 0.6) is 0 Å². The third kappa shape index (κ3) is 2.55. The van der Waals surface area contributed by atoms with Crippen molar-refractivity contribution in [2.24, 2.45) is 0 Å². The fourth-order valence-corrected chi connectivity index (χ4v) is 6.39. The summed E-state index contributed by atoms with van der Waals surface area (Å²) in [5.41, 5.74) is 1.76. The molecule has 0 radical (unpaired) electrons. The third-order valence-electron chi connectivity index (χ3n) is 6.42. The number of nitrogens with zero attached hydrogens (tertiary/aromatic N) is 3.